The lowest BCUT2D eigenvalue weighted by molar-refractivity contribution is -0.152. The van der Waals surface area contributed by atoms with Crippen molar-refractivity contribution in [3.05, 3.63) is 52.8 Å². The molecule has 3 rings (SSSR count). The molecule has 2 aromatic rings. The Labute approximate surface area is 167 Å². The molecule has 0 spiro atoms. The van der Waals surface area contributed by atoms with Gasteiger partial charge in [-0.25, -0.2) is 4.99 Å². The molecule has 0 fully saturated rings. The Hall–Kier alpha value is -3.62. The summed E-state index contributed by atoms with van der Waals surface area (Å²) in [5, 5.41) is 13.7. The fourth-order valence-electron chi connectivity index (χ4n) is 2.61. The van der Waals surface area contributed by atoms with Crippen LogP contribution in [0, 0.1) is 6.92 Å². The van der Waals surface area contributed by atoms with Crippen molar-refractivity contribution in [2.75, 3.05) is 11.9 Å². The summed E-state index contributed by atoms with van der Waals surface area (Å²) in [7, 11) is 0. The molecule has 0 saturated heterocycles. The number of nitrogens with zero attached hydrogens (tertiary/aromatic N) is 3. The first-order chi connectivity index (χ1) is 14.0. The van der Waals surface area contributed by atoms with E-state index in [1.807, 2.05) is 19.1 Å². The van der Waals surface area contributed by atoms with Crippen LogP contribution in [0.15, 0.2) is 35.3 Å². The van der Waals surface area contributed by atoms with Crippen LogP contribution in [0.5, 0.6) is 0 Å². The number of rotatable bonds is 6. The van der Waals surface area contributed by atoms with Crippen LogP contribution in [0.1, 0.15) is 40.7 Å². The third-order valence-corrected chi connectivity index (χ3v) is 4.21. The number of carbonyl (C=O) groups excluding carboxylic acids is 3. The summed E-state index contributed by atoms with van der Waals surface area (Å²) in [6.07, 6.45) is 0.875. The number of aryl methyl sites for hydroxylation is 1. The van der Waals surface area contributed by atoms with Crippen LogP contribution in [-0.2, 0) is 20.7 Å². The topological polar surface area (TPSA) is 123 Å². The highest BCUT2D eigenvalue weighted by Crippen LogP contribution is 2.20. The number of anilines is 1. The summed E-state index contributed by atoms with van der Waals surface area (Å²) < 4.78 is 5.07. The van der Waals surface area contributed by atoms with Gasteiger partial charge in [-0.15, -0.1) is 0 Å². The molecule has 2 amide bonds. The second kappa shape index (κ2) is 9.05. The molecular formula is C20H21N5O4. The lowest BCUT2D eigenvalue weighted by Crippen LogP contribution is -2.32. The Kier molecular flexibility index (Phi) is 6.28. The molecule has 1 aliphatic rings. The Morgan fingerprint density at radius 3 is 2.76 bits per heavy atom. The van der Waals surface area contributed by atoms with Crippen molar-refractivity contribution in [3.8, 4) is 0 Å². The Bertz CT molecular complexity index is 956. The number of ether oxygens (including phenoxy) is 1. The highest BCUT2D eigenvalue weighted by Gasteiger charge is 2.25. The maximum absolute atomic E-state index is 12.4. The monoisotopic (exact) mass is 395 g/mol. The van der Waals surface area contributed by atoms with Gasteiger partial charge >= 0.3 is 11.9 Å². The van der Waals surface area contributed by atoms with E-state index >= 15 is 0 Å². The van der Waals surface area contributed by atoms with Crippen LogP contribution in [0.25, 0.3) is 0 Å². The molecule has 0 radical (unpaired) electrons. The second-order valence-electron chi connectivity index (χ2n) is 6.44. The van der Waals surface area contributed by atoms with Gasteiger partial charge < -0.3 is 15.4 Å². The maximum Gasteiger partial charge on any atom is 0.308 e. The zero-order chi connectivity index (χ0) is 20.8. The molecular weight excluding hydrogens is 374 g/mol. The molecule has 29 heavy (non-hydrogen) atoms. The molecule has 150 valence electrons. The lowest BCUT2D eigenvalue weighted by Gasteiger charge is -2.16. The van der Waals surface area contributed by atoms with Crippen LogP contribution in [0.3, 0.4) is 0 Å². The highest BCUT2D eigenvalue weighted by atomic mass is 16.6. The molecule has 1 aromatic heterocycles. The fraction of sp³-hybridized carbons (Fsp3) is 0.300. The van der Waals surface area contributed by atoms with Gasteiger partial charge in [0, 0.05) is 42.4 Å². The molecule has 1 atom stereocenters. The van der Waals surface area contributed by atoms with Crippen molar-refractivity contribution in [1.29, 1.82) is 0 Å². The summed E-state index contributed by atoms with van der Waals surface area (Å²) in [5.41, 5.74) is 3.14. The van der Waals surface area contributed by atoms with Crippen LogP contribution in [0.4, 0.5) is 5.69 Å². The van der Waals surface area contributed by atoms with Crippen LogP contribution < -0.4 is 10.6 Å². The number of benzene rings is 1. The largest absolute Gasteiger partial charge is 0.432 e. The van der Waals surface area contributed by atoms with E-state index in [2.05, 4.69) is 25.8 Å². The Balaban J connectivity index is 1.64. The molecule has 1 aliphatic heterocycles. The van der Waals surface area contributed by atoms with E-state index in [-0.39, 0.29) is 12.3 Å². The van der Waals surface area contributed by atoms with E-state index in [0.29, 0.717) is 29.8 Å². The maximum atomic E-state index is 12.4. The number of aliphatic imine (C=N–C) groups is 1. The minimum Gasteiger partial charge on any atom is -0.432 e. The molecule has 9 heteroatoms. The van der Waals surface area contributed by atoms with Gasteiger partial charge in [-0.2, -0.15) is 10.2 Å². The minimum absolute atomic E-state index is 0.148. The molecule has 2 N–H and O–H groups in total. The van der Waals surface area contributed by atoms with Crippen molar-refractivity contribution in [2.24, 2.45) is 4.99 Å². The minimum atomic E-state index is -1.18. The normalized spacial score (nSPS) is 15.1. The Morgan fingerprint density at radius 1 is 1.21 bits per heavy atom. The number of fused-ring (bicyclic) bond motifs is 1. The second-order valence-corrected chi connectivity index (χ2v) is 6.44. The number of aromatic nitrogens is 2. The number of hydrogen-bond acceptors (Lipinski definition) is 7. The smallest absolute Gasteiger partial charge is 0.308 e. The van der Waals surface area contributed by atoms with E-state index in [4.69, 9.17) is 4.74 Å². The zero-order valence-corrected chi connectivity index (χ0v) is 16.1. The van der Waals surface area contributed by atoms with Crippen LogP contribution in [0.2, 0.25) is 0 Å². The predicted molar refractivity (Wildman–Crippen MR) is 106 cm³/mol. The quantitative estimate of drug-likeness (QED) is 0.709. The molecule has 2 heterocycles. The van der Waals surface area contributed by atoms with Gasteiger partial charge in [0.2, 0.25) is 0 Å². The SMILES string of the molecule is CCC(=O)OC1Nc2ccc(C(=O)NCCc3ccc(C)nn3)cc2C=NC1=O. The number of benzodiazepines with no additional fused rings is 1. The van der Waals surface area contributed by atoms with E-state index in [1.54, 1.807) is 25.1 Å². The van der Waals surface area contributed by atoms with Gasteiger partial charge in [-0.1, -0.05) is 6.92 Å². The average molecular weight is 395 g/mol. The van der Waals surface area contributed by atoms with E-state index in [9.17, 15) is 14.4 Å². The standard InChI is InChI=1S/C20H21N5O4/c1-3-17(26)29-20-19(28)22-11-14-10-13(5-7-16(14)23-20)18(27)21-9-8-15-6-4-12(2)24-25-15/h4-7,10-11,20,23H,3,8-9H2,1-2H3,(H,21,27). The number of amides is 2. The van der Waals surface area contributed by atoms with Crippen molar-refractivity contribution in [3.63, 3.8) is 0 Å². The first-order valence-corrected chi connectivity index (χ1v) is 9.21. The van der Waals surface area contributed by atoms with E-state index in [0.717, 1.165) is 11.4 Å². The van der Waals surface area contributed by atoms with Gasteiger partial charge in [0.25, 0.3) is 12.1 Å². The third kappa shape index (κ3) is 5.22. The number of carbonyl (C=O) groups is 3. The molecule has 0 bridgehead atoms. The van der Waals surface area contributed by atoms with E-state index in [1.165, 1.54) is 6.21 Å². The van der Waals surface area contributed by atoms with Gasteiger partial charge in [-0.3, -0.25) is 14.4 Å². The van der Waals surface area contributed by atoms with Crippen molar-refractivity contribution >= 4 is 29.7 Å². The zero-order valence-electron chi connectivity index (χ0n) is 16.1. The summed E-state index contributed by atoms with van der Waals surface area (Å²) in [6, 6.07) is 8.62. The molecule has 0 saturated carbocycles. The Morgan fingerprint density at radius 2 is 2.03 bits per heavy atom. The molecule has 9 nitrogen and oxygen atoms in total. The first kappa shape index (κ1) is 20.1. The summed E-state index contributed by atoms with van der Waals surface area (Å²) in [5.74, 6) is -1.39. The predicted octanol–water partition coefficient (Wildman–Crippen LogP) is 1.41. The summed E-state index contributed by atoms with van der Waals surface area (Å²) in [6.45, 7) is 3.91. The number of nitrogens with one attached hydrogen (secondary N) is 2. The highest BCUT2D eigenvalue weighted by molar-refractivity contribution is 6.04. The third-order valence-electron chi connectivity index (χ3n) is 4.21. The van der Waals surface area contributed by atoms with E-state index < -0.39 is 18.1 Å². The number of hydrogen-bond donors (Lipinski definition) is 2. The summed E-state index contributed by atoms with van der Waals surface area (Å²) in [4.78, 5) is 39.7. The van der Waals surface area contributed by atoms with Gasteiger partial charge in [-0.05, 0) is 37.3 Å². The van der Waals surface area contributed by atoms with Crippen LogP contribution >= 0.6 is 0 Å². The molecule has 0 aliphatic carbocycles. The van der Waals surface area contributed by atoms with Crippen LogP contribution in [-0.4, -0.2) is 47.0 Å². The molecule has 1 unspecified atom stereocenters. The fourth-order valence-corrected chi connectivity index (χ4v) is 2.61. The van der Waals surface area contributed by atoms with Crippen molar-refractivity contribution in [2.45, 2.75) is 32.9 Å². The van der Waals surface area contributed by atoms with Gasteiger partial charge in [0.05, 0.1) is 11.4 Å². The summed E-state index contributed by atoms with van der Waals surface area (Å²) >= 11 is 0. The van der Waals surface area contributed by atoms with Gasteiger partial charge in [0.15, 0.2) is 0 Å². The molecule has 1 aromatic carbocycles. The number of esters is 1. The van der Waals surface area contributed by atoms with Crippen molar-refractivity contribution in [1.82, 2.24) is 15.5 Å². The lowest BCUT2D eigenvalue weighted by atomic mass is 10.1. The van der Waals surface area contributed by atoms with Crippen molar-refractivity contribution < 1.29 is 19.1 Å². The van der Waals surface area contributed by atoms with Gasteiger partial charge in [0.1, 0.15) is 0 Å². The first-order valence-electron chi connectivity index (χ1n) is 9.21. The average Bonchev–Trinajstić information content (AvgIpc) is 2.87.